The van der Waals surface area contributed by atoms with Crippen molar-refractivity contribution in [1.82, 2.24) is 4.98 Å². The number of hydrogen-bond acceptors (Lipinski definition) is 4. The fraction of sp³-hybridized carbons (Fsp3) is 0.300. The Kier molecular flexibility index (Phi) is 4.37. The molecule has 1 unspecified atom stereocenters. The van der Waals surface area contributed by atoms with Gasteiger partial charge in [-0.25, -0.2) is 4.98 Å². The maximum atomic E-state index is 11.6. The number of carbonyl (C=O) groups is 2. The molecule has 1 heterocycles. The summed E-state index contributed by atoms with van der Waals surface area (Å²) in [5.74, 6) is -0.339. The Morgan fingerprint density at radius 1 is 1.62 bits per heavy atom. The molecule has 1 amide bonds. The molecule has 0 bridgehead atoms. The molecule has 0 spiro atoms. The summed E-state index contributed by atoms with van der Waals surface area (Å²) in [6, 6.07) is 0. The van der Waals surface area contributed by atoms with E-state index in [0.29, 0.717) is 15.6 Å². The predicted molar refractivity (Wildman–Crippen MR) is 68.3 cm³/mol. The Balaban J connectivity index is 2.76. The van der Waals surface area contributed by atoms with Crippen molar-refractivity contribution in [1.29, 1.82) is 0 Å². The van der Waals surface area contributed by atoms with Gasteiger partial charge in [-0.15, -0.1) is 0 Å². The third-order valence-electron chi connectivity index (χ3n) is 1.72. The van der Waals surface area contributed by atoms with Gasteiger partial charge in [-0.3, -0.25) is 14.9 Å². The number of aromatic nitrogens is 1. The minimum Gasteiger partial charge on any atom is -0.298 e. The van der Waals surface area contributed by atoms with Gasteiger partial charge in [0.05, 0.1) is 15.9 Å². The number of thiazole rings is 1. The quantitative estimate of drug-likeness (QED) is 0.528. The summed E-state index contributed by atoms with van der Waals surface area (Å²) in [6.07, 6.45) is 1.46. The lowest BCUT2D eigenvalue weighted by Gasteiger charge is -1.99. The van der Waals surface area contributed by atoms with Crippen LogP contribution in [0.1, 0.15) is 23.5 Å². The molecule has 1 aromatic rings. The van der Waals surface area contributed by atoms with Crippen molar-refractivity contribution < 1.29 is 9.59 Å². The lowest BCUT2D eigenvalue weighted by atomic mass is 10.3. The van der Waals surface area contributed by atoms with Gasteiger partial charge < -0.3 is 0 Å². The van der Waals surface area contributed by atoms with E-state index in [0.717, 1.165) is 11.3 Å². The van der Waals surface area contributed by atoms with Gasteiger partial charge in [-0.1, -0.05) is 33.8 Å². The van der Waals surface area contributed by atoms with Gasteiger partial charge in [0.15, 0.2) is 10.9 Å². The number of halogens is 1. The van der Waals surface area contributed by atoms with Crippen molar-refractivity contribution in [2.45, 2.75) is 18.7 Å². The Labute approximate surface area is 106 Å². The fourth-order valence-corrected chi connectivity index (χ4v) is 2.08. The van der Waals surface area contributed by atoms with Crippen LogP contribution in [0.3, 0.4) is 0 Å². The van der Waals surface area contributed by atoms with E-state index >= 15 is 0 Å². The van der Waals surface area contributed by atoms with E-state index in [-0.39, 0.29) is 16.5 Å². The normalized spacial score (nSPS) is 11.9. The highest BCUT2D eigenvalue weighted by atomic mass is 79.9. The first-order chi connectivity index (χ1) is 7.41. The van der Waals surface area contributed by atoms with Gasteiger partial charge in [0, 0.05) is 5.57 Å². The zero-order valence-electron chi connectivity index (χ0n) is 8.91. The number of rotatable bonds is 4. The second-order valence-corrected chi connectivity index (χ2v) is 5.65. The molecular formula is C10H11BrN2O2S. The molecule has 16 heavy (non-hydrogen) atoms. The summed E-state index contributed by atoms with van der Waals surface area (Å²) >= 11 is 4.34. The van der Waals surface area contributed by atoms with E-state index in [2.05, 4.69) is 32.8 Å². The molecule has 6 heteroatoms. The number of ketones is 1. The van der Waals surface area contributed by atoms with E-state index in [1.165, 1.54) is 6.20 Å². The highest BCUT2D eigenvalue weighted by molar-refractivity contribution is 9.10. The number of amides is 1. The van der Waals surface area contributed by atoms with Gasteiger partial charge in [0.25, 0.3) is 5.91 Å². The molecule has 0 saturated carbocycles. The monoisotopic (exact) mass is 302 g/mol. The van der Waals surface area contributed by atoms with Crippen LogP contribution in [0.4, 0.5) is 5.13 Å². The number of carbonyl (C=O) groups excluding carboxylic acids is 2. The van der Waals surface area contributed by atoms with Crippen molar-refractivity contribution in [3.63, 3.8) is 0 Å². The number of anilines is 1. The molecular weight excluding hydrogens is 292 g/mol. The highest BCUT2D eigenvalue weighted by Gasteiger charge is 2.16. The second-order valence-electron chi connectivity index (χ2n) is 3.24. The third kappa shape index (κ3) is 3.24. The molecule has 1 aromatic heterocycles. The Bertz CT molecular complexity index is 440. The number of alkyl halides is 1. The molecule has 0 saturated heterocycles. The Morgan fingerprint density at radius 2 is 2.25 bits per heavy atom. The summed E-state index contributed by atoms with van der Waals surface area (Å²) in [5.41, 5.74) is 0.400. The summed E-state index contributed by atoms with van der Waals surface area (Å²) < 4.78 is 0. The minimum atomic E-state index is -0.291. The molecule has 0 aliphatic carbocycles. The van der Waals surface area contributed by atoms with Crippen LogP contribution in [-0.2, 0) is 4.79 Å². The van der Waals surface area contributed by atoms with Gasteiger partial charge in [-0.2, -0.15) is 0 Å². The molecule has 0 radical (unpaired) electrons. The first kappa shape index (κ1) is 13.1. The van der Waals surface area contributed by atoms with E-state index in [1.54, 1.807) is 13.8 Å². The number of Topliss-reactive ketones (excluding diaryl/α,β-unsaturated/α-hetero) is 1. The van der Waals surface area contributed by atoms with E-state index < -0.39 is 0 Å². The Morgan fingerprint density at radius 3 is 2.75 bits per heavy atom. The van der Waals surface area contributed by atoms with Crippen LogP contribution in [0.5, 0.6) is 0 Å². The molecule has 0 fully saturated rings. The maximum Gasteiger partial charge on any atom is 0.252 e. The van der Waals surface area contributed by atoms with Gasteiger partial charge in [0.2, 0.25) is 0 Å². The standard InChI is InChI=1S/C10H11BrN2O2S/c1-5(2)9(15)13-10-12-4-7(16-10)8(14)6(3)11/h4,6H,1H2,2-3H3,(H,12,13,15). The van der Waals surface area contributed by atoms with Crippen LogP contribution in [0.15, 0.2) is 18.3 Å². The van der Waals surface area contributed by atoms with E-state index in [9.17, 15) is 9.59 Å². The summed E-state index contributed by atoms with van der Waals surface area (Å²) in [6.45, 7) is 6.86. The van der Waals surface area contributed by atoms with Gasteiger partial charge in [0.1, 0.15) is 0 Å². The fourth-order valence-electron chi connectivity index (χ4n) is 0.846. The summed E-state index contributed by atoms with van der Waals surface area (Å²) in [5, 5.41) is 2.96. The number of hydrogen-bond donors (Lipinski definition) is 1. The molecule has 1 rings (SSSR count). The molecule has 1 atom stereocenters. The second kappa shape index (κ2) is 5.36. The molecule has 1 N–H and O–H groups in total. The highest BCUT2D eigenvalue weighted by Crippen LogP contribution is 2.21. The third-order valence-corrected chi connectivity index (χ3v) is 3.06. The zero-order chi connectivity index (χ0) is 12.3. The molecule has 86 valence electrons. The number of nitrogens with zero attached hydrogens (tertiary/aromatic N) is 1. The van der Waals surface area contributed by atoms with E-state index in [1.807, 2.05) is 0 Å². The first-order valence-electron chi connectivity index (χ1n) is 4.52. The van der Waals surface area contributed by atoms with Crippen LogP contribution in [-0.4, -0.2) is 21.5 Å². The first-order valence-corrected chi connectivity index (χ1v) is 6.26. The SMILES string of the molecule is C=C(C)C(=O)Nc1ncc(C(=O)C(C)Br)s1. The minimum absolute atomic E-state index is 0.0478. The van der Waals surface area contributed by atoms with Crippen LogP contribution < -0.4 is 5.32 Å². The van der Waals surface area contributed by atoms with Crippen LogP contribution in [0.25, 0.3) is 0 Å². The van der Waals surface area contributed by atoms with Crippen molar-refractivity contribution in [2.24, 2.45) is 0 Å². The largest absolute Gasteiger partial charge is 0.298 e. The van der Waals surface area contributed by atoms with Gasteiger partial charge in [-0.05, 0) is 13.8 Å². The van der Waals surface area contributed by atoms with Crippen molar-refractivity contribution in [3.8, 4) is 0 Å². The number of nitrogens with one attached hydrogen (secondary N) is 1. The summed E-state index contributed by atoms with van der Waals surface area (Å²) in [7, 11) is 0. The molecule has 0 aliphatic rings. The molecule has 0 aliphatic heterocycles. The summed E-state index contributed by atoms with van der Waals surface area (Å²) in [4.78, 5) is 27.1. The zero-order valence-corrected chi connectivity index (χ0v) is 11.3. The van der Waals surface area contributed by atoms with Crippen LogP contribution in [0, 0.1) is 0 Å². The molecule has 0 aromatic carbocycles. The Hall–Kier alpha value is -1.01. The van der Waals surface area contributed by atoms with Crippen molar-refractivity contribution >= 4 is 44.1 Å². The average molecular weight is 303 g/mol. The van der Waals surface area contributed by atoms with Crippen LogP contribution in [0.2, 0.25) is 0 Å². The molecule has 4 nitrogen and oxygen atoms in total. The topological polar surface area (TPSA) is 59.1 Å². The smallest absolute Gasteiger partial charge is 0.252 e. The van der Waals surface area contributed by atoms with E-state index in [4.69, 9.17) is 0 Å². The van der Waals surface area contributed by atoms with Gasteiger partial charge >= 0.3 is 0 Å². The predicted octanol–water partition coefficient (Wildman–Crippen LogP) is 2.62. The van der Waals surface area contributed by atoms with Crippen molar-refractivity contribution in [2.75, 3.05) is 5.32 Å². The average Bonchev–Trinajstić information content (AvgIpc) is 2.64. The van der Waals surface area contributed by atoms with Crippen LogP contribution >= 0.6 is 27.3 Å². The maximum absolute atomic E-state index is 11.6. The lowest BCUT2D eigenvalue weighted by molar-refractivity contribution is -0.112. The van der Waals surface area contributed by atoms with Crippen molar-refractivity contribution in [3.05, 3.63) is 23.2 Å². The lowest BCUT2D eigenvalue weighted by Crippen LogP contribution is -2.11.